The summed E-state index contributed by atoms with van der Waals surface area (Å²) in [6, 6.07) is 16.9. The van der Waals surface area contributed by atoms with Crippen molar-refractivity contribution < 1.29 is 19.1 Å². The molecule has 2 amide bonds. The fraction of sp³-hybridized carbons (Fsp3) is 0.393. The second kappa shape index (κ2) is 11.1. The lowest BCUT2D eigenvalue weighted by Crippen LogP contribution is -2.38. The van der Waals surface area contributed by atoms with Gasteiger partial charge in [0.1, 0.15) is 0 Å². The first-order valence-corrected chi connectivity index (χ1v) is 11.9. The van der Waals surface area contributed by atoms with Gasteiger partial charge in [-0.1, -0.05) is 56.3 Å². The Balaban J connectivity index is 1.85. The molecule has 0 radical (unpaired) electrons. The standard InChI is InChI=1S/C28H34N2O4/c1-6-34-28(33)26-20(5)30(25(31)16-24(26)22-10-8-7-9-11-22)17-21-12-14-23(15-13-21)27(32)29-19(4)18(2)3/h7-15,18-19,24H,6,16-17H2,1-5H3,(H,29,32)/t19-,24+/m1/s1. The summed E-state index contributed by atoms with van der Waals surface area (Å²) in [4.78, 5) is 40.2. The summed E-state index contributed by atoms with van der Waals surface area (Å²) in [5.41, 5.74) is 3.50. The van der Waals surface area contributed by atoms with Crippen molar-refractivity contribution in [2.45, 2.75) is 59.5 Å². The van der Waals surface area contributed by atoms with E-state index in [2.05, 4.69) is 19.2 Å². The minimum atomic E-state index is -0.391. The van der Waals surface area contributed by atoms with Crippen LogP contribution in [0.25, 0.3) is 0 Å². The van der Waals surface area contributed by atoms with E-state index in [1.165, 1.54) is 0 Å². The fourth-order valence-corrected chi connectivity index (χ4v) is 4.05. The van der Waals surface area contributed by atoms with Crippen LogP contribution >= 0.6 is 0 Å². The molecule has 0 aliphatic carbocycles. The molecule has 34 heavy (non-hydrogen) atoms. The Bertz CT molecular complexity index is 1060. The summed E-state index contributed by atoms with van der Waals surface area (Å²) < 4.78 is 5.35. The van der Waals surface area contributed by atoms with Gasteiger partial charge in [-0.25, -0.2) is 4.79 Å². The molecule has 0 saturated heterocycles. The zero-order chi connectivity index (χ0) is 24.8. The molecule has 2 atom stereocenters. The summed E-state index contributed by atoms with van der Waals surface area (Å²) in [6.45, 7) is 10.3. The predicted octanol–water partition coefficient (Wildman–Crippen LogP) is 4.81. The minimum absolute atomic E-state index is 0.0491. The molecule has 6 heteroatoms. The molecule has 2 aromatic rings. The molecule has 2 aromatic carbocycles. The van der Waals surface area contributed by atoms with E-state index in [0.29, 0.717) is 29.3 Å². The van der Waals surface area contributed by atoms with Crippen molar-refractivity contribution in [2.75, 3.05) is 6.61 Å². The molecule has 0 spiro atoms. The number of allylic oxidation sites excluding steroid dienone is 1. The number of carbonyl (C=O) groups excluding carboxylic acids is 3. The van der Waals surface area contributed by atoms with E-state index < -0.39 is 5.97 Å². The van der Waals surface area contributed by atoms with Crippen LogP contribution in [-0.2, 0) is 20.9 Å². The van der Waals surface area contributed by atoms with Gasteiger partial charge in [0, 0.05) is 29.6 Å². The average Bonchev–Trinajstić information content (AvgIpc) is 2.82. The van der Waals surface area contributed by atoms with Gasteiger partial charge in [-0.15, -0.1) is 0 Å². The lowest BCUT2D eigenvalue weighted by atomic mass is 9.83. The topological polar surface area (TPSA) is 75.7 Å². The van der Waals surface area contributed by atoms with Crippen molar-refractivity contribution >= 4 is 17.8 Å². The Morgan fingerprint density at radius 3 is 2.29 bits per heavy atom. The van der Waals surface area contributed by atoms with Gasteiger partial charge < -0.3 is 15.0 Å². The van der Waals surface area contributed by atoms with Crippen molar-refractivity contribution in [3.8, 4) is 0 Å². The molecule has 1 aliphatic heterocycles. The SMILES string of the molecule is CCOC(=O)C1=C(C)N(Cc2ccc(C(=O)N[C@H](C)C(C)C)cc2)C(=O)C[C@H]1c1ccccc1. The second-order valence-electron chi connectivity index (χ2n) is 9.07. The summed E-state index contributed by atoms with van der Waals surface area (Å²) in [6.07, 6.45) is 0.198. The maximum Gasteiger partial charge on any atom is 0.336 e. The van der Waals surface area contributed by atoms with Crippen LogP contribution in [0.3, 0.4) is 0 Å². The van der Waals surface area contributed by atoms with Crippen molar-refractivity contribution in [1.29, 1.82) is 0 Å². The molecular weight excluding hydrogens is 428 g/mol. The Morgan fingerprint density at radius 1 is 1.06 bits per heavy atom. The normalized spacial score (nSPS) is 17.1. The van der Waals surface area contributed by atoms with E-state index in [1.807, 2.05) is 49.4 Å². The third kappa shape index (κ3) is 5.74. The average molecular weight is 463 g/mol. The number of carbonyl (C=O) groups is 3. The van der Waals surface area contributed by atoms with Gasteiger partial charge in [-0.2, -0.15) is 0 Å². The predicted molar refractivity (Wildman–Crippen MR) is 132 cm³/mol. The van der Waals surface area contributed by atoms with Gasteiger partial charge in [0.05, 0.1) is 18.7 Å². The van der Waals surface area contributed by atoms with E-state index in [9.17, 15) is 14.4 Å². The number of nitrogens with one attached hydrogen (secondary N) is 1. The Labute approximate surface area is 202 Å². The molecule has 0 fully saturated rings. The van der Waals surface area contributed by atoms with E-state index in [-0.39, 0.29) is 36.8 Å². The highest BCUT2D eigenvalue weighted by atomic mass is 16.5. The quantitative estimate of drug-likeness (QED) is 0.571. The van der Waals surface area contributed by atoms with Crippen molar-refractivity contribution in [3.05, 3.63) is 82.6 Å². The smallest absolute Gasteiger partial charge is 0.336 e. The van der Waals surface area contributed by atoms with E-state index in [1.54, 1.807) is 30.9 Å². The number of esters is 1. The number of hydrogen-bond donors (Lipinski definition) is 1. The largest absolute Gasteiger partial charge is 0.463 e. The number of nitrogens with zero attached hydrogens (tertiary/aromatic N) is 1. The molecule has 0 aromatic heterocycles. The van der Waals surface area contributed by atoms with Crippen LogP contribution < -0.4 is 5.32 Å². The second-order valence-corrected chi connectivity index (χ2v) is 9.07. The zero-order valence-electron chi connectivity index (χ0n) is 20.6. The number of ether oxygens (including phenoxy) is 1. The van der Waals surface area contributed by atoms with Crippen LogP contribution in [0.5, 0.6) is 0 Å². The van der Waals surface area contributed by atoms with E-state index >= 15 is 0 Å². The van der Waals surface area contributed by atoms with E-state index in [4.69, 9.17) is 4.74 Å². The summed E-state index contributed by atoms with van der Waals surface area (Å²) in [5, 5.41) is 3.00. The van der Waals surface area contributed by atoms with Gasteiger partial charge in [0.25, 0.3) is 5.91 Å². The van der Waals surface area contributed by atoms with Gasteiger partial charge in [0.15, 0.2) is 0 Å². The Kier molecular flexibility index (Phi) is 8.26. The number of rotatable bonds is 8. The Morgan fingerprint density at radius 2 is 1.71 bits per heavy atom. The summed E-state index contributed by atoms with van der Waals surface area (Å²) in [7, 11) is 0. The third-order valence-electron chi connectivity index (χ3n) is 6.44. The highest BCUT2D eigenvalue weighted by molar-refractivity contribution is 5.96. The molecule has 0 unspecified atom stereocenters. The van der Waals surface area contributed by atoms with Gasteiger partial charge in [-0.05, 0) is 49.9 Å². The maximum atomic E-state index is 13.2. The lowest BCUT2D eigenvalue weighted by molar-refractivity contribution is -0.140. The van der Waals surface area contributed by atoms with Crippen LogP contribution in [0.4, 0.5) is 0 Å². The van der Waals surface area contributed by atoms with Gasteiger partial charge in [0.2, 0.25) is 5.91 Å². The molecule has 180 valence electrons. The van der Waals surface area contributed by atoms with E-state index in [0.717, 1.165) is 11.1 Å². The fourth-order valence-electron chi connectivity index (χ4n) is 4.05. The lowest BCUT2D eigenvalue weighted by Gasteiger charge is -2.34. The van der Waals surface area contributed by atoms with Crippen molar-refractivity contribution in [3.63, 3.8) is 0 Å². The number of hydrogen-bond acceptors (Lipinski definition) is 4. The van der Waals surface area contributed by atoms with Crippen molar-refractivity contribution in [1.82, 2.24) is 10.2 Å². The van der Waals surface area contributed by atoms with Gasteiger partial charge >= 0.3 is 5.97 Å². The monoisotopic (exact) mass is 462 g/mol. The third-order valence-corrected chi connectivity index (χ3v) is 6.44. The van der Waals surface area contributed by atoms with Crippen LogP contribution in [0.1, 0.15) is 68.4 Å². The highest BCUT2D eigenvalue weighted by Crippen LogP contribution is 2.37. The van der Waals surface area contributed by atoms with Crippen LogP contribution in [0.2, 0.25) is 0 Å². The van der Waals surface area contributed by atoms with Crippen molar-refractivity contribution in [2.24, 2.45) is 5.92 Å². The summed E-state index contributed by atoms with van der Waals surface area (Å²) >= 11 is 0. The van der Waals surface area contributed by atoms with Gasteiger partial charge in [-0.3, -0.25) is 9.59 Å². The maximum absolute atomic E-state index is 13.2. The first kappa shape index (κ1) is 25.2. The first-order valence-electron chi connectivity index (χ1n) is 11.9. The molecular formula is C28H34N2O4. The summed E-state index contributed by atoms with van der Waals surface area (Å²) in [5.74, 6) is -0.549. The van der Waals surface area contributed by atoms with Crippen LogP contribution in [-0.4, -0.2) is 35.3 Å². The molecule has 1 heterocycles. The molecule has 0 bridgehead atoms. The molecule has 6 nitrogen and oxygen atoms in total. The van der Waals surface area contributed by atoms with Crippen LogP contribution in [0, 0.1) is 5.92 Å². The highest BCUT2D eigenvalue weighted by Gasteiger charge is 2.36. The van der Waals surface area contributed by atoms with Crippen LogP contribution in [0.15, 0.2) is 65.9 Å². The molecule has 1 aliphatic rings. The zero-order valence-corrected chi connectivity index (χ0v) is 20.6. The molecule has 1 N–H and O–H groups in total. The molecule has 3 rings (SSSR count). The number of benzene rings is 2. The molecule has 0 saturated carbocycles. The first-order chi connectivity index (χ1) is 16.2. The Hall–Kier alpha value is -3.41. The minimum Gasteiger partial charge on any atom is -0.463 e. The number of amides is 2.